The van der Waals surface area contributed by atoms with Gasteiger partial charge in [0, 0.05) is 25.7 Å². The van der Waals surface area contributed by atoms with Gasteiger partial charge in [0.05, 0.1) is 6.61 Å². The molecule has 0 spiro atoms. The number of methoxy groups -OCH3 is 1. The zero-order valence-electron chi connectivity index (χ0n) is 9.75. The number of hydrogen-bond donors (Lipinski definition) is 1. The quantitative estimate of drug-likeness (QED) is 0.735. The normalized spacial score (nSPS) is 27.2. The number of nitrogens with one attached hydrogen (secondary N) is 1. The van der Waals surface area contributed by atoms with Crippen molar-refractivity contribution in [2.24, 2.45) is 0 Å². The second-order valence-corrected chi connectivity index (χ2v) is 4.21. The third-order valence-corrected chi connectivity index (χ3v) is 3.03. The highest BCUT2D eigenvalue weighted by molar-refractivity contribution is 4.78. The van der Waals surface area contributed by atoms with Gasteiger partial charge in [-0.25, -0.2) is 0 Å². The van der Waals surface area contributed by atoms with Crippen molar-refractivity contribution in [3.05, 3.63) is 0 Å². The fourth-order valence-corrected chi connectivity index (χ4v) is 2.05. The molecule has 2 atom stereocenters. The molecule has 1 saturated heterocycles. The van der Waals surface area contributed by atoms with Gasteiger partial charge < -0.3 is 10.1 Å². The summed E-state index contributed by atoms with van der Waals surface area (Å²) < 4.78 is 5.20. The van der Waals surface area contributed by atoms with Gasteiger partial charge in [0.2, 0.25) is 0 Å². The average molecular weight is 200 g/mol. The number of ether oxygens (including phenoxy) is 1. The van der Waals surface area contributed by atoms with Gasteiger partial charge in [0.1, 0.15) is 0 Å². The van der Waals surface area contributed by atoms with Gasteiger partial charge in [-0.2, -0.15) is 0 Å². The summed E-state index contributed by atoms with van der Waals surface area (Å²) in [6.07, 6.45) is 2.47. The highest BCUT2D eigenvalue weighted by Crippen LogP contribution is 2.07. The van der Waals surface area contributed by atoms with Crippen LogP contribution >= 0.6 is 0 Å². The fraction of sp³-hybridized carbons (Fsp3) is 1.00. The van der Waals surface area contributed by atoms with Crippen LogP contribution in [0.4, 0.5) is 0 Å². The minimum Gasteiger partial charge on any atom is -0.383 e. The number of nitrogens with zero attached hydrogens (tertiary/aromatic N) is 1. The molecule has 0 aromatic rings. The number of rotatable bonds is 4. The van der Waals surface area contributed by atoms with Crippen molar-refractivity contribution in [1.82, 2.24) is 10.2 Å². The van der Waals surface area contributed by atoms with Gasteiger partial charge in [-0.15, -0.1) is 0 Å². The van der Waals surface area contributed by atoms with E-state index in [4.69, 9.17) is 4.74 Å². The molecule has 1 rings (SSSR count). The van der Waals surface area contributed by atoms with Gasteiger partial charge in [-0.1, -0.05) is 6.92 Å². The molecule has 1 N–H and O–H groups in total. The van der Waals surface area contributed by atoms with Crippen LogP contribution in [0.5, 0.6) is 0 Å². The highest BCUT2D eigenvalue weighted by atomic mass is 16.5. The molecule has 0 saturated carbocycles. The van der Waals surface area contributed by atoms with Gasteiger partial charge in [-0.3, -0.25) is 4.90 Å². The van der Waals surface area contributed by atoms with Crippen LogP contribution in [-0.4, -0.2) is 50.3 Å². The van der Waals surface area contributed by atoms with Gasteiger partial charge in [0.25, 0.3) is 0 Å². The Bertz CT molecular complexity index is 152. The molecule has 0 bridgehead atoms. The van der Waals surface area contributed by atoms with Crippen LogP contribution in [0, 0.1) is 0 Å². The Labute approximate surface area is 87.8 Å². The minimum absolute atomic E-state index is 0.550. The van der Waals surface area contributed by atoms with E-state index in [0.29, 0.717) is 12.1 Å². The summed E-state index contributed by atoms with van der Waals surface area (Å²) in [4.78, 5) is 2.54. The van der Waals surface area contributed by atoms with Crippen LogP contribution in [0.15, 0.2) is 0 Å². The molecule has 14 heavy (non-hydrogen) atoms. The maximum absolute atomic E-state index is 5.20. The first-order valence-corrected chi connectivity index (χ1v) is 5.74. The summed E-state index contributed by atoms with van der Waals surface area (Å²) in [5.74, 6) is 0. The lowest BCUT2D eigenvalue weighted by Gasteiger charge is -2.29. The number of hydrogen-bond acceptors (Lipinski definition) is 3. The molecule has 0 aromatic carbocycles. The van der Waals surface area contributed by atoms with Crippen LogP contribution in [0.2, 0.25) is 0 Å². The predicted octanol–water partition coefficient (Wildman–Crippen LogP) is 1.10. The Kier molecular flexibility index (Phi) is 5.45. The molecule has 1 aliphatic rings. The van der Waals surface area contributed by atoms with E-state index in [9.17, 15) is 0 Å². The van der Waals surface area contributed by atoms with E-state index in [0.717, 1.165) is 13.2 Å². The lowest BCUT2D eigenvalue weighted by Crippen LogP contribution is -2.42. The largest absolute Gasteiger partial charge is 0.383 e. The van der Waals surface area contributed by atoms with Crippen LogP contribution in [0.3, 0.4) is 0 Å². The maximum atomic E-state index is 5.20. The SMILES string of the molecule is CCC1CN(C(C)COC)CCCN1. The molecule has 3 heteroatoms. The highest BCUT2D eigenvalue weighted by Gasteiger charge is 2.19. The Morgan fingerprint density at radius 1 is 1.57 bits per heavy atom. The molecule has 0 aromatic heterocycles. The Morgan fingerprint density at radius 3 is 3.00 bits per heavy atom. The Hall–Kier alpha value is -0.120. The van der Waals surface area contributed by atoms with Gasteiger partial charge in [-0.05, 0) is 32.9 Å². The van der Waals surface area contributed by atoms with Crippen molar-refractivity contribution >= 4 is 0 Å². The molecule has 84 valence electrons. The first-order chi connectivity index (χ1) is 6.77. The van der Waals surface area contributed by atoms with Crippen LogP contribution < -0.4 is 5.32 Å². The smallest absolute Gasteiger partial charge is 0.0615 e. The van der Waals surface area contributed by atoms with Crippen LogP contribution in [0.25, 0.3) is 0 Å². The fourth-order valence-electron chi connectivity index (χ4n) is 2.05. The first-order valence-electron chi connectivity index (χ1n) is 5.74. The van der Waals surface area contributed by atoms with E-state index in [2.05, 4.69) is 24.1 Å². The van der Waals surface area contributed by atoms with E-state index in [1.54, 1.807) is 7.11 Å². The molecule has 1 heterocycles. The molecular formula is C11H24N2O. The van der Waals surface area contributed by atoms with E-state index in [1.165, 1.54) is 25.9 Å². The summed E-state index contributed by atoms with van der Waals surface area (Å²) in [7, 11) is 1.78. The van der Waals surface area contributed by atoms with E-state index < -0.39 is 0 Å². The van der Waals surface area contributed by atoms with E-state index in [-0.39, 0.29) is 0 Å². The summed E-state index contributed by atoms with van der Waals surface area (Å²) in [6.45, 7) is 8.88. The minimum atomic E-state index is 0.550. The predicted molar refractivity (Wildman–Crippen MR) is 59.6 cm³/mol. The molecule has 0 amide bonds. The average Bonchev–Trinajstić information content (AvgIpc) is 2.43. The molecule has 1 fully saturated rings. The molecule has 3 nitrogen and oxygen atoms in total. The monoisotopic (exact) mass is 200 g/mol. The van der Waals surface area contributed by atoms with Crippen molar-refractivity contribution in [1.29, 1.82) is 0 Å². The maximum Gasteiger partial charge on any atom is 0.0615 e. The molecule has 1 aliphatic heterocycles. The van der Waals surface area contributed by atoms with E-state index in [1.807, 2.05) is 0 Å². The van der Waals surface area contributed by atoms with Gasteiger partial charge in [0.15, 0.2) is 0 Å². The van der Waals surface area contributed by atoms with Crippen molar-refractivity contribution in [3.63, 3.8) is 0 Å². The van der Waals surface area contributed by atoms with Crippen molar-refractivity contribution in [3.8, 4) is 0 Å². The third-order valence-electron chi connectivity index (χ3n) is 3.03. The van der Waals surface area contributed by atoms with Crippen LogP contribution in [0.1, 0.15) is 26.7 Å². The summed E-state index contributed by atoms with van der Waals surface area (Å²) in [5.41, 5.74) is 0. The second-order valence-electron chi connectivity index (χ2n) is 4.21. The zero-order valence-corrected chi connectivity index (χ0v) is 9.75. The lowest BCUT2D eigenvalue weighted by atomic mass is 10.2. The zero-order chi connectivity index (χ0) is 10.4. The topological polar surface area (TPSA) is 24.5 Å². The third kappa shape index (κ3) is 3.56. The molecule has 2 unspecified atom stereocenters. The molecular weight excluding hydrogens is 176 g/mol. The lowest BCUT2D eigenvalue weighted by molar-refractivity contribution is 0.0977. The second kappa shape index (κ2) is 6.38. The summed E-state index contributed by atoms with van der Waals surface area (Å²) >= 11 is 0. The molecule has 0 aliphatic carbocycles. The molecule has 0 radical (unpaired) electrons. The Balaban J connectivity index is 2.41. The first kappa shape index (κ1) is 12.0. The van der Waals surface area contributed by atoms with Crippen molar-refractivity contribution < 1.29 is 4.74 Å². The summed E-state index contributed by atoms with van der Waals surface area (Å²) in [6, 6.07) is 1.21. The van der Waals surface area contributed by atoms with Crippen molar-refractivity contribution in [2.75, 3.05) is 33.4 Å². The summed E-state index contributed by atoms with van der Waals surface area (Å²) in [5, 5.41) is 3.58. The Morgan fingerprint density at radius 2 is 2.36 bits per heavy atom. The van der Waals surface area contributed by atoms with Crippen molar-refractivity contribution in [2.45, 2.75) is 38.8 Å². The standard InChI is InChI=1S/C11H24N2O/c1-4-11-8-13(7-5-6-12-11)10(2)9-14-3/h10-12H,4-9H2,1-3H3. The van der Waals surface area contributed by atoms with E-state index >= 15 is 0 Å². The van der Waals surface area contributed by atoms with Crippen LogP contribution in [-0.2, 0) is 4.74 Å². The van der Waals surface area contributed by atoms with Gasteiger partial charge >= 0.3 is 0 Å².